The molecule has 21 heavy (non-hydrogen) atoms. The normalized spacial score (nSPS) is 13.3. The lowest BCUT2D eigenvalue weighted by molar-refractivity contribution is -0.231. The van der Waals surface area contributed by atoms with Gasteiger partial charge in [0.2, 0.25) is 5.88 Å². The van der Waals surface area contributed by atoms with Gasteiger partial charge >= 0.3 is 11.9 Å². The third kappa shape index (κ3) is 6.93. The minimum absolute atomic E-state index is 0.190. The molecule has 7 N–H and O–H groups in total. The van der Waals surface area contributed by atoms with Gasteiger partial charge < -0.3 is 31.5 Å². The molecule has 0 spiro atoms. The molecule has 0 aliphatic carbocycles. The third-order valence-corrected chi connectivity index (χ3v) is 3.00. The molecule has 0 aliphatic heterocycles. The Kier molecular flexibility index (Phi) is 9.10. The van der Waals surface area contributed by atoms with E-state index < -0.39 is 24.0 Å². The maximum absolute atomic E-state index is 11.0. The number of carbonyl (C=O) groups is 2. The molecular weight excluding hydrogens is 282 g/mol. The molecule has 0 radical (unpaired) electrons. The largest absolute Gasteiger partial charge is 0.481 e. The smallest absolute Gasteiger partial charge is 0.305 e. The Labute approximate surface area is 122 Å². The summed E-state index contributed by atoms with van der Waals surface area (Å²) in [5, 5.41) is 26.7. The van der Waals surface area contributed by atoms with E-state index in [-0.39, 0.29) is 44.7 Å². The van der Waals surface area contributed by atoms with Gasteiger partial charge in [0.05, 0.1) is 12.8 Å². The molecule has 2 unspecified atom stereocenters. The molecule has 0 aromatic rings. The van der Waals surface area contributed by atoms with E-state index in [1.54, 1.807) is 0 Å². The van der Waals surface area contributed by atoms with Gasteiger partial charge in [-0.25, -0.2) is 5.26 Å². The highest BCUT2D eigenvalue weighted by molar-refractivity contribution is 5.68. The van der Waals surface area contributed by atoms with Crippen LogP contribution in [0.5, 0.6) is 0 Å². The zero-order valence-corrected chi connectivity index (χ0v) is 11.8. The van der Waals surface area contributed by atoms with Gasteiger partial charge in [0, 0.05) is 12.1 Å². The highest BCUT2D eigenvalue weighted by Gasteiger charge is 2.31. The van der Waals surface area contributed by atoms with Gasteiger partial charge in [-0.3, -0.25) is 9.59 Å². The summed E-state index contributed by atoms with van der Waals surface area (Å²) in [6.07, 6.45) is -0.0364. The van der Waals surface area contributed by atoms with E-state index in [1.807, 2.05) is 0 Å². The molecule has 0 aromatic heterocycles. The summed E-state index contributed by atoms with van der Waals surface area (Å²) in [5.74, 6) is -2.38. The van der Waals surface area contributed by atoms with Crippen LogP contribution in [0.4, 0.5) is 0 Å². The number of nitrogens with zero attached hydrogens (tertiary/aromatic N) is 1. The fraction of sp³-hybridized carbons (Fsp3) is 0.667. The lowest BCUT2D eigenvalue weighted by Gasteiger charge is -2.38. The molecule has 0 heterocycles. The number of carboxylic acid groups (broad SMARTS) is 2. The molecule has 0 aromatic carbocycles. The van der Waals surface area contributed by atoms with E-state index in [2.05, 4.69) is 11.5 Å². The van der Waals surface area contributed by atoms with Crippen LogP contribution in [0, 0.1) is 0 Å². The molecule has 0 fully saturated rings. The molecule has 0 aliphatic rings. The monoisotopic (exact) mass is 305 g/mol. The SMILES string of the molecule is C=C(OO)N(C(CCN)CC(=O)O)C(CCN)CC(=O)O. The number of nitrogens with two attached hydrogens (primary N) is 2. The van der Waals surface area contributed by atoms with E-state index in [9.17, 15) is 9.59 Å². The van der Waals surface area contributed by atoms with Crippen molar-refractivity contribution in [2.75, 3.05) is 13.1 Å². The molecule has 0 saturated carbocycles. The van der Waals surface area contributed by atoms with Gasteiger partial charge in [0.25, 0.3) is 0 Å². The quantitative estimate of drug-likeness (QED) is 0.184. The van der Waals surface area contributed by atoms with Gasteiger partial charge in [0.1, 0.15) is 0 Å². The average molecular weight is 305 g/mol. The second kappa shape index (κ2) is 9.97. The van der Waals surface area contributed by atoms with Gasteiger partial charge in [-0.05, 0) is 32.5 Å². The van der Waals surface area contributed by atoms with Crippen LogP contribution in [0.2, 0.25) is 0 Å². The van der Waals surface area contributed by atoms with Gasteiger partial charge in [-0.15, -0.1) is 0 Å². The Morgan fingerprint density at radius 3 is 1.67 bits per heavy atom. The summed E-state index contributed by atoms with van der Waals surface area (Å²) in [5.41, 5.74) is 10.9. The standard InChI is InChI=1S/C12H23N3O6/c1-8(21-20)15(9(2-4-13)6-11(16)17)10(3-5-14)7-12(18)19/h9-10,20H,1-7,13-14H2,(H,16,17)(H,18,19). The number of aliphatic carboxylic acids is 2. The van der Waals surface area contributed by atoms with Crippen LogP contribution in [-0.2, 0) is 14.5 Å². The summed E-state index contributed by atoms with van der Waals surface area (Å²) in [6, 6.07) is -1.30. The van der Waals surface area contributed by atoms with Crippen molar-refractivity contribution in [2.45, 2.75) is 37.8 Å². The lowest BCUT2D eigenvalue weighted by Crippen LogP contribution is -2.46. The average Bonchev–Trinajstić information content (AvgIpc) is 2.37. The summed E-state index contributed by atoms with van der Waals surface area (Å²) in [6.45, 7) is 3.86. The Hall–Kier alpha value is -1.84. The third-order valence-electron chi connectivity index (χ3n) is 3.00. The molecule has 0 bridgehead atoms. The van der Waals surface area contributed by atoms with Gasteiger partial charge in [0.15, 0.2) is 0 Å². The van der Waals surface area contributed by atoms with Crippen molar-refractivity contribution in [3.8, 4) is 0 Å². The van der Waals surface area contributed by atoms with Crippen molar-refractivity contribution in [1.29, 1.82) is 0 Å². The van der Waals surface area contributed by atoms with Crippen molar-refractivity contribution in [3.05, 3.63) is 12.5 Å². The molecule has 0 amide bonds. The van der Waals surface area contributed by atoms with Gasteiger partial charge in [-0.2, -0.15) is 0 Å². The first-order valence-electron chi connectivity index (χ1n) is 6.49. The van der Waals surface area contributed by atoms with E-state index >= 15 is 0 Å². The number of hydrogen-bond acceptors (Lipinski definition) is 7. The van der Waals surface area contributed by atoms with Crippen molar-refractivity contribution in [2.24, 2.45) is 11.5 Å². The van der Waals surface area contributed by atoms with Crippen LogP contribution in [0.15, 0.2) is 12.5 Å². The zero-order valence-electron chi connectivity index (χ0n) is 11.8. The van der Waals surface area contributed by atoms with Crippen molar-refractivity contribution >= 4 is 11.9 Å². The van der Waals surface area contributed by atoms with Crippen LogP contribution < -0.4 is 11.5 Å². The van der Waals surface area contributed by atoms with Crippen LogP contribution in [-0.4, -0.2) is 57.5 Å². The van der Waals surface area contributed by atoms with E-state index in [1.165, 1.54) is 4.90 Å². The molecule has 0 saturated heterocycles. The van der Waals surface area contributed by atoms with Gasteiger partial charge in [-0.1, -0.05) is 0 Å². The summed E-state index contributed by atoms with van der Waals surface area (Å²) < 4.78 is 0. The molecule has 9 heteroatoms. The molecule has 2 atom stereocenters. The summed E-state index contributed by atoms with van der Waals surface area (Å²) in [4.78, 5) is 27.4. The van der Waals surface area contributed by atoms with Crippen LogP contribution in [0.1, 0.15) is 25.7 Å². The highest BCUT2D eigenvalue weighted by Crippen LogP contribution is 2.22. The number of carboxylic acids is 2. The minimum atomic E-state index is -1.08. The first-order valence-corrected chi connectivity index (χ1v) is 6.49. The Balaban J connectivity index is 5.38. The number of hydrogen-bond donors (Lipinski definition) is 5. The fourth-order valence-corrected chi connectivity index (χ4v) is 2.22. The molecule has 122 valence electrons. The molecular formula is C12H23N3O6. The predicted molar refractivity (Wildman–Crippen MR) is 74.1 cm³/mol. The first-order chi connectivity index (χ1) is 9.87. The number of rotatable bonds is 12. The highest BCUT2D eigenvalue weighted by atomic mass is 17.1. The Bertz CT molecular complexity index is 337. The van der Waals surface area contributed by atoms with Crippen molar-refractivity contribution < 1.29 is 29.9 Å². The van der Waals surface area contributed by atoms with Crippen LogP contribution >= 0.6 is 0 Å². The zero-order chi connectivity index (χ0) is 16.4. The van der Waals surface area contributed by atoms with E-state index in [0.717, 1.165) is 0 Å². The minimum Gasteiger partial charge on any atom is -0.481 e. The van der Waals surface area contributed by atoms with Crippen LogP contribution in [0.3, 0.4) is 0 Å². The topological polar surface area (TPSA) is 159 Å². The van der Waals surface area contributed by atoms with E-state index in [0.29, 0.717) is 0 Å². The predicted octanol–water partition coefficient (Wildman–Crippen LogP) is -0.367. The second-order valence-corrected chi connectivity index (χ2v) is 4.55. The van der Waals surface area contributed by atoms with E-state index in [4.69, 9.17) is 26.9 Å². The van der Waals surface area contributed by atoms with Crippen LogP contribution in [0.25, 0.3) is 0 Å². The summed E-state index contributed by atoms with van der Waals surface area (Å²) in [7, 11) is 0. The van der Waals surface area contributed by atoms with Crippen molar-refractivity contribution in [3.63, 3.8) is 0 Å². The molecule has 0 rings (SSSR count). The lowest BCUT2D eigenvalue weighted by atomic mass is 10.0. The first kappa shape index (κ1) is 19.2. The maximum atomic E-state index is 11.0. The summed E-state index contributed by atoms with van der Waals surface area (Å²) >= 11 is 0. The maximum Gasteiger partial charge on any atom is 0.305 e. The fourth-order valence-electron chi connectivity index (χ4n) is 2.22. The Morgan fingerprint density at radius 1 is 1.05 bits per heavy atom. The second-order valence-electron chi connectivity index (χ2n) is 4.55. The Morgan fingerprint density at radius 2 is 1.43 bits per heavy atom. The molecule has 9 nitrogen and oxygen atoms in total. The van der Waals surface area contributed by atoms with Crippen molar-refractivity contribution in [1.82, 2.24) is 4.90 Å².